The SMILES string of the molecule is COc1ccc(NC(=O)c2cnccn2)cc1C(C)(C)C. The maximum Gasteiger partial charge on any atom is 0.275 e. The minimum atomic E-state index is -0.284. The molecule has 1 aromatic carbocycles. The third-order valence-corrected chi connectivity index (χ3v) is 3.06. The summed E-state index contributed by atoms with van der Waals surface area (Å²) in [7, 11) is 1.64. The van der Waals surface area contributed by atoms with Crippen molar-refractivity contribution in [2.75, 3.05) is 12.4 Å². The highest BCUT2D eigenvalue weighted by molar-refractivity contribution is 6.02. The molecule has 21 heavy (non-hydrogen) atoms. The normalized spacial score (nSPS) is 11.0. The summed E-state index contributed by atoms with van der Waals surface area (Å²) < 4.78 is 5.38. The van der Waals surface area contributed by atoms with Crippen molar-refractivity contribution in [1.29, 1.82) is 0 Å². The lowest BCUT2D eigenvalue weighted by atomic mass is 9.86. The standard InChI is InChI=1S/C16H19N3O2/c1-16(2,3)12-9-11(5-6-14(12)21-4)19-15(20)13-10-17-7-8-18-13/h5-10H,1-4H3,(H,19,20). The van der Waals surface area contributed by atoms with Gasteiger partial charge in [0.1, 0.15) is 11.4 Å². The van der Waals surface area contributed by atoms with Crippen molar-refractivity contribution in [2.24, 2.45) is 0 Å². The van der Waals surface area contributed by atoms with E-state index in [0.29, 0.717) is 5.69 Å². The van der Waals surface area contributed by atoms with Gasteiger partial charge in [0.05, 0.1) is 13.3 Å². The Morgan fingerprint density at radius 3 is 2.57 bits per heavy atom. The van der Waals surface area contributed by atoms with Gasteiger partial charge in [0.25, 0.3) is 5.91 Å². The lowest BCUT2D eigenvalue weighted by molar-refractivity contribution is 0.102. The zero-order chi connectivity index (χ0) is 15.5. The molecule has 1 N–H and O–H groups in total. The van der Waals surface area contributed by atoms with E-state index in [1.54, 1.807) is 7.11 Å². The number of methoxy groups -OCH3 is 1. The molecule has 0 fully saturated rings. The number of hydrogen-bond acceptors (Lipinski definition) is 4. The number of nitrogens with one attached hydrogen (secondary N) is 1. The highest BCUT2D eigenvalue weighted by Gasteiger charge is 2.20. The van der Waals surface area contributed by atoms with Crippen LogP contribution in [-0.2, 0) is 5.41 Å². The Balaban J connectivity index is 2.28. The van der Waals surface area contributed by atoms with Crippen LogP contribution in [0.3, 0.4) is 0 Å². The first-order valence-corrected chi connectivity index (χ1v) is 6.67. The van der Waals surface area contributed by atoms with Crippen LogP contribution in [0.1, 0.15) is 36.8 Å². The molecule has 0 spiro atoms. The highest BCUT2D eigenvalue weighted by Crippen LogP contribution is 2.33. The van der Waals surface area contributed by atoms with E-state index in [0.717, 1.165) is 11.3 Å². The lowest BCUT2D eigenvalue weighted by Gasteiger charge is -2.23. The van der Waals surface area contributed by atoms with Gasteiger partial charge in [-0.25, -0.2) is 4.98 Å². The first-order chi connectivity index (χ1) is 9.91. The van der Waals surface area contributed by atoms with Crippen molar-refractivity contribution in [3.8, 4) is 5.75 Å². The number of hydrogen-bond donors (Lipinski definition) is 1. The van der Waals surface area contributed by atoms with Gasteiger partial charge < -0.3 is 10.1 Å². The Hall–Kier alpha value is -2.43. The van der Waals surface area contributed by atoms with Gasteiger partial charge in [-0.15, -0.1) is 0 Å². The second kappa shape index (κ2) is 5.91. The van der Waals surface area contributed by atoms with Crippen LogP contribution in [0.15, 0.2) is 36.8 Å². The van der Waals surface area contributed by atoms with Crippen LogP contribution in [0.2, 0.25) is 0 Å². The molecule has 110 valence electrons. The number of rotatable bonds is 3. The molecule has 0 aliphatic carbocycles. The second-order valence-electron chi connectivity index (χ2n) is 5.71. The Labute approximate surface area is 124 Å². The van der Waals surface area contributed by atoms with E-state index in [2.05, 4.69) is 36.1 Å². The van der Waals surface area contributed by atoms with Crippen molar-refractivity contribution in [1.82, 2.24) is 9.97 Å². The first kappa shape index (κ1) is 15.0. The Kier molecular flexibility index (Phi) is 4.21. The zero-order valence-corrected chi connectivity index (χ0v) is 12.7. The molecule has 0 unspecified atom stereocenters. The van der Waals surface area contributed by atoms with Crippen molar-refractivity contribution in [3.05, 3.63) is 48.0 Å². The molecular formula is C16H19N3O2. The summed E-state index contributed by atoms with van der Waals surface area (Å²) >= 11 is 0. The van der Waals surface area contributed by atoms with Crippen molar-refractivity contribution in [3.63, 3.8) is 0 Å². The second-order valence-corrected chi connectivity index (χ2v) is 5.71. The predicted molar refractivity (Wildman–Crippen MR) is 81.7 cm³/mol. The summed E-state index contributed by atoms with van der Waals surface area (Å²) in [5.74, 6) is 0.521. The number of anilines is 1. The number of carbonyl (C=O) groups excluding carboxylic acids is 1. The molecule has 2 aromatic rings. The molecule has 0 bridgehead atoms. The number of benzene rings is 1. The summed E-state index contributed by atoms with van der Waals surface area (Å²) in [6, 6.07) is 5.59. The fourth-order valence-corrected chi connectivity index (χ4v) is 1.98. The Morgan fingerprint density at radius 1 is 1.24 bits per heavy atom. The molecule has 0 radical (unpaired) electrons. The van der Waals surface area contributed by atoms with Crippen LogP contribution >= 0.6 is 0 Å². The minimum Gasteiger partial charge on any atom is -0.496 e. The summed E-state index contributed by atoms with van der Waals surface area (Å²) in [6.45, 7) is 6.29. The molecule has 5 heteroatoms. The minimum absolute atomic E-state index is 0.0847. The van der Waals surface area contributed by atoms with E-state index in [-0.39, 0.29) is 17.0 Å². The van der Waals surface area contributed by atoms with Crippen LogP contribution < -0.4 is 10.1 Å². The lowest BCUT2D eigenvalue weighted by Crippen LogP contribution is -2.16. The topological polar surface area (TPSA) is 64.1 Å². The molecule has 0 saturated heterocycles. The molecule has 1 amide bonds. The number of ether oxygens (including phenoxy) is 1. The summed E-state index contributed by atoms with van der Waals surface area (Å²) in [5, 5.41) is 2.83. The van der Waals surface area contributed by atoms with E-state index in [9.17, 15) is 4.79 Å². The largest absolute Gasteiger partial charge is 0.496 e. The van der Waals surface area contributed by atoms with Gasteiger partial charge in [0, 0.05) is 23.6 Å². The fourth-order valence-electron chi connectivity index (χ4n) is 1.98. The summed E-state index contributed by atoms with van der Waals surface area (Å²) in [6.07, 6.45) is 4.45. The van der Waals surface area contributed by atoms with Gasteiger partial charge in [-0.1, -0.05) is 20.8 Å². The van der Waals surface area contributed by atoms with Gasteiger partial charge in [-0.2, -0.15) is 0 Å². The van der Waals surface area contributed by atoms with E-state index >= 15 is 0 Å². The van der Waals surface area contributed by atoms with Crippen molar-refractivity contribution in [2.45, 2.75) is 26.2 Å². The molecule has 0 atom stereocenters. The van der Waals surface area contributed by atoms with Crippen LogP contribution in [0.5, 0.6) is 5.75 Å². The average molecular weight is 285 g/mol. The van der Waals surface area contributed by atoms with Gasteiger partial charge in [-0.05, 0) is 23.6 Å². The molecule has 0 aliphatic rings. The molecule has 0 saturated carbocycles. The fraction of sp³-hybridized carbons (Fsp3) is 0.312. The van der Waals surface area contributed by atoms with Crippen LogP contribution in [0.4, 0.5) is 5.69 Å². The van der Waals surface area contributed by atoms with Gasteiger partial charge in [0.2, 0.25) is 0 Å². The maximum atomic E-state index is 12.1. The molecule has 0 aliphatic heterocycles. The smallest absolute Gasteiger partial charge is 0.275 e. The Morgan fingerprint density at radius 2 is 2.00 bits per heavy atom. The quantitative estimate of drug-likeness (QED) is 0.941. The maximum absolute atomic E-state index is 12.1. The number of nitrogens with zero attached hydrogens (tertiary/aromatic N) is 2. The molecule has 5 nitrogen and oxygen atoms in total. The Bertz CT molecular complexity index is 634. The number of carbonyl (C=O) groups is 1. The van der Waals surface area contributed by atoms with Crippen molar-refractivity contribution < 1.29 is 9.53 Å². The number of aromatic nitrogens is 2. The average Bonchev–Trinajstić information content (AvgIpc) is 2.47. The van der Waals surface area contributed by atoms with E-state index < -0.39 is 0 Å². The predicted octanol–water partition coefficient (Wildman–Crippen LogP) is 3.04. The summed E-state index contributed by atoms with van der Waals surface area (Å²) in [5.41, 5.74) is 1.93. The van der Waals surface area contributed by atoms with Crippen LogP contribution in [-0.4, -0.2) is 23.0 Å². The van der Waals surface area contributed by atoms with Crippen LogP contribution in [0.25, 0.3) is 0 Å². The van der Waals surface area contributed by atoms with Gasteiger partial charge >= 0.3 is 0 Å². The van der Waals surface area contributed by atoms with E-state index in [1.165, 1.54) is 18.6 Å². The number of amides is 1. The van der Waals surface area contributed by atoms with Gasteiger partial charge in [0.15, 0.2) is 0 Å². The molecule has 2 rings (SSSR count). The third kappa shape index (κ3) is 3.56. The summed E-state index contributed by atoms with van der Waals surface area (Å²) in [4.78, 5) is 20.0. The van der Waals surface area contributed by atoms with E-state index in [1.807, 2.05) is 18.2 Å². The highest BCUT2D eigenvalue weighted by atomic mass is 16.5. The third-order valence-electron chi connectivity index (χ3n) is 3.06. The van der Waals surface area contributed by atoms with Gasteiger partial charge in [-0.3, -0.25) is 9.78 Å². The van der Waals surface area contributed by atoms with Crippen molar-refractivity contribution >= 4 is 11.6 Å². The molecular weight excluding hydrogens is 266 g/mol. The van der Waals surface area contributed by atoms with E-state index in [4.69, 9.17) is 4.74 Å². The molecule has 1 heterocycles. The first-order valence-electron chi connectivity index (χ1n) is 6.67. The zero-order valence-electron chi connectivity index (χ0n) is 12.7. The van der Waals surface area contributed by atoms with Crippen LogP contribution in [0, 0.1) is 0 Å². The molecule has 1 aromatic heterocycles. The monoisotopic (exact) mass is 285 g/mol.